The largest absolute Gasteiger partial charge is 0.355 e. The molecule has 0 aliphatic heterocycles. The van der Waals surface area contributed by atoms with E-state index >= 15 is 0 Å². The predicted octanol–water partition coefficient (Wildman–Crippen LogP) is 0.696. The molecule has 0 saturated heterocycles. The molecule has 0 spiro atoms. The SMILES string of the molecule is CNC(=O)c1cc(Cl)c(C)[nH]c1=O. The first kappa shape index (κ1) is 9.80. The van der Waals surface area contributed by atoms with Gasteiger partial charge in [-0.3, -0.25) is 9.59 Å². The summed E-state index contributed by atoms with van der Waals surface area (Å²) in [6.45, 7) is 1.66. The molecule has 0 atom stereocenters. The highest BCUT2D eigenvalue weighted by molar-refractivity contribution is 6.31. The van der Waals surface area contributed by atoms with E-state index in [1.807, 2.05) is 0 Å². The Kier molecular flexibility index (Phi) is 2.72. The Morgan fingerprint density at radius 2 is 2.23 bits per heavy atom. The molecule has 1 aromatic rings. The van der Waals surface area contributed by atoms with Crippen molar-refractivity contribution in [2.24, 2.45) is 0 Å². The quantitative estimate of drug-likeness (QED) is 0.701. The summed E-state index contributed by atoms with van der Waals surface area (Å²) in [5.74, 6) is -0.442. The zero-order chi connectivity index (χ0) is 10.0. The number of halogens is 1. The van der Waals surface area contributed by atoms with Gasteiger partial charge in [0, 0.05) is 12.7 Å². The summed E-state index contributed by atoms with van der Waals surface area (Å²) in [6, 6.07) is 1.36. The topological polar surface area (TPSA) is 62.0 Å². The fourth-order valence-electron chi connectivity index (χ4n) is 0.901. The lowest BCUT2D eigenvalue weighted by molar-refractivity contribution is 0.0961. The number of carbonyl (C=O) groups is 1. The van der Waals surface area contributed by atoms with Gasteiger partial charge in [0.15, 0.2) is 0 Å². The number of aromatic amines is 1. The van der Waals surface area contributed by atoms with E-state index < -0.39 is 11.5 Å². The molecule has 0 aliphatic rings. The van der Waals surface area contributed by atoms with Gasteiger partial charge in [0.1, 0.15) is 5.56 Å². The van der Waals surface area contributed by atoms with E-state index in [2.05, 4.69) is 10.3 Å². The fourth-order valence-corrected chi connectivity index (χ4v) is 1.06. The lowest BCUT2D eigenvalue weighted by Crippen LogP contribution is -2.26. The van der Waals surface area contributed by atoms with Crippen LogP contribution >= 0.6 is 11.6 Å². The number of rotatable bonds is 1. The summed E-state index contributed by atoms with van der Waals surface area (Å²) in [6.07, 6.45) is 0. The number of H-pyrrole nitrogens is 1. The van der Waals surface area contributed by atoms with Gasteiger partial charge in [0.25, 0.3) is 11.5 Å². The van der Waals surface area contributed by atoms with Crippen LogP contribution in [-0.4, -0.2) is 17.9 Å². The van der Waals surface area contributed by atoms with E-state index in [1.54, 1.807) is 6.92 Å². The second-order valence-electron chi connectivity index (χ2n) is 2.56. The summed E-state index contributed by atoms with van der Waals surface area (Å²) in [7, 11) is 1.45. The highest BCUT2D eigenvalue weighted by Gasteiger charge is 2.10. The van der Waals surface area contributed by atoms with Gasteiger partial charge >= 0.3 is 0 Å². The third-order valence-corrected chi connectivity index (χ3v) is 2.04. The molecule has 1 rings (SSSR count). The maximum absolute atomic E-state index is 11.2. The molecule has 5 heteroatoms. The van der Waals surface area contributed by atoms with Crippen molar-refractivity contribution < 1.29 is 4.79 Å². The van der Waals surface area contributed by atoms with Crippen molar-refractivity contribution in [2.75, 3.05) is 7.05 Å². The van der Waals surface area contributed by atoms with Gasteiger partial charge < -0.3 is 10.3 Å². The van der Waals surface area contributed by atoms with Gasteiger partial charge in [-0.2, -0.15) is 0 Å². The molecule has 0 aromatic carbocycles. The minimum Gasteiger partial charge on any atom is -0.355 e. The molecule has 13 heavy (non-hydrogen) atoms. The second kappa shape index (κ2) is 3.62. The van der Waals surface area contributed by atoms with Gasteiger partial charge in [0.2, 0.25) is 0 Å². The standard InChI is InChI=1S/C8H9ClN2O2/c1-4-6(9)3-5(7(12)10-2)8(13)11-4/h3H,1-2H3,(H,10,12)(H,11,13). The normalized spacial score (nSPS) is 9.77. The molecule has 4 nitrogen and oxygen atoms in total. The smallest absolute Gasteiger partial charge is 0.261 e. The minimum absolute atomic E-state index is 0.0260. The van der Waals surface area contributed by atoms with E-state index in [0.717, 1.165) is 0 Å². The number of aryl methyl sites for hydroxylation is 1. The molecule has 0 radical (unpaired) electrons. The molecule has 0 saturated carbocycles. The van der Waals surface area contributed by atoms with E-state index in [-0.39, 0.29) is 5.56 Å². The lowest BCUT2D eigenvalue weighted by atomic mass is 10.2. The zero-order valence-electron chi connectivity index (χ0n) is 7.27. The van der Waals surface area contributed by atoms with Crippen LogP contribution in [0.5, 0.6) is 0 Å². The second-order valence-corrected chi connectivity index (χ2v) is 2.97. The lowest BCUT2D eigenvalue weighted by Gasteiger charge is -2.01. The first-order valence-corrected chi connectivity index (χ1v) is 4.05. The molecule has 1 aromatic heterocycles. The van der Waals surface area contributed by atoms with Crippen molar-refractivity contribution in [3.63, 3.8) is 0 Å². The van der Waals surface area contributed by atoms with Crippen LogP contribution < -0.4 is 10.9 Å². The summed E-state index contributed by atoms with van der Waals surface area (Å²) >= 11 is 5.74. The van der Waals surface area contributed by atoms with Crippen LogP contribution in [0.1, 0.15) is 16.1 Å². The van der Waals surface area contributed by atoms with E-state index in [4.69, 9.17) is 11.6 Å². The third kappa shape index (κ3) is 1.89. The van der Waals surface area contributed by atoms with Crippen molar-refractivity contribution in [2.45, 2.75) is 6.92 Å². The van der Waals surface area contributed by atoms with Crippen LogP contribution in [0, 0.1) is 6.92 Å². The van der Waals surface area contributed by atoms with Gasteiger partial charge in [-0.05, 0) is 13.0 Å². The van der Waals surface area contributed by atoms with Crippen molar-refractivity contribution in [1.29, 1.82) is 0 Å². The van der Waals surface area contributed by atoms with Crippen LogP contribution in [0.15, 0.2) is 10.9 Å². The van der Waals surface area contributed by atoms with Crippen LogP contribution in [0.25, 0.3) is 0 Å². The Bertz CT molecular complexity index is 398. The molecule has 70 valence electrons. The summed E-state index contributed by atoms with van der Waals surface area (Å²) in [4.78, 5) is 24.8. The first-order chi connectivity index (χ1) is 6.06. The molecule has 0 aliphatic carbocycles. The molecular formula is C8H9ClN2O2. The Morgan fingerprint density at radius 3 is 2.77 bits per heavy atom. The van der Waals surface area contributed by atoms with E-state index in [0.29, 0.717) is 10.7 Å². The van der Waals surface area contributed by atoms with E-state index in [1.165, 1.54) is 13.1 Å². The molecule has 2 N–H and O–H groups in total. The van der Waals surface area contributed by atoms with Crippen molar-refractivity contribution >= 4 is 17.5 Å². The highest BCUT2D eigenvalue weighted by atomic mass is 35.5. The summed E-state index contributed by atoms with van der Waals surface area (Å²) in [5, 5.41) is 2.72. The number of amides is 1. The Balaban J connectivity index is 3.32. The third-order valence-electron chi connectivity index (χ3n) is 1.65. The number of hydrogen-bond donors (Lipinski definition) is 2. The number of pyridine rings is 1. The summed E-state index contributed by atoms with van der Waals surface area (Å²) in [5.41, 5.74) is 0.152. The maximum atomic E-state index is 11.2. The maximum Gasteiger partial charge on any atom is 0.261 e. The van der Waals surface area contributed by atoms with E-state index in [9.17, 15) is 9.59 Å². The highest BCUT2D eigenvalue weighted by Crippen LogP contribution is 2.10. The number of nitrogens with one attached hydrogen (secondary N) is 2. The van der Waals surface area contributed by atoms with Crippen LogP contribution in [0.4, 0.5) is 0 Å². The molecule has 1 heterocycles. The predicted molar refractivity (Wildman–Crippen MR) is 50.2 cm³/mol. The average molecular weight is 201 g/mol. The van der Waals surface area contributed by atoms with Crippen molar-refractivity contribution in [3.8, 4) is 0 Å². The molecule has 1 amide bonds. The number of aromatic nitrogens is 1. The number of carbonyl (C=O) groups excluding carboxylic acids is 1. The Labute approximate surface area is 79.9 Å². The molecular weight excluding hydrogens is 192 g/mol. The summed E-state index contributed by atoms with van der Waals surface area (Å²) < 4.78 is 0. The van der Waals surface area contributed by atoms with Gasteiger partial charge in [-0.1, -0.05) is 11.6 Å². The molecule has 0 bridgehead atoms. The minimum atomic E-state index is -0.442. The Hall–Kier alpha value is -1.29. The average Bonchev–Trinajstić information content (AvgIpc) is 2.10. The van der Waals surface area contributed by atoms with Gasteiger partial charge in [0.05, 0.1) is 5.02 Å². The first-order valence-electron chi connectivity index (χ1n) is 3.67. The monoisotopic (exact) mass is 200 g/mol. The number of hydrogen-bond acceptors (Lipinski definition) is 2. The fraction of sp³-hybridized carbons (Fsp3) is 0.250. The van der Waals surface area contributed by atoms with Gasteiger partial charge in [-0.15, -0.1) is 0 Å². The zero-order valence-corrected chi connectivity index (χ0v) is 8.03. The van der Waals surface area contributed by atoms with Crippen molar-refractivity contribution in [3.05, 3.63) is 32.7 Å². The van der Waals surface area contributed by atoms with Crippen molar-refractivity contribution in [1.82, 2.24) is 10.3 Å². The Morgan fingerprint density at radius 1 is 1.62 bits per heavy atom. The van der Waals surface area contributed by atoms with Gasteiger partial charge in [-0.25, -0.2) is 0 Å². The molecule has 0 unspecified atom stereocenters. The van der Waals surface area contributed by atoms with Crippen LogP contribution in [0.2, 0.25) is 5.02 Å². The van der Waals surface area contributed by atoms with Crippen LogP contribution in [0.3, 0.4) is 0 Å². The molecule has 0 fully saturated rings. The van der Waals surface area contributed by atoms with Crippen LogP contribution in [-0.2, 0) is 0 Å².